The molecule has 0 aliphatic carbocycles. The van der Waals surface area contributed by atoms with Gasteiger partial charge < -0.3 is 9.84 Å². The van der Waals surface area contributed by atoms with E-state index < -0.39 is 0 Å². The quantitative estimate of drug-likeness (QED) is 0.871. The van der Waals surface area contributed by atoms with Crippen LogP contribution >= 0.6 is 0 Å². The Morgan fingerprint density at radius 3 is 2.21 bits per heavy atom. The first-order valence-electron chi connectivity index (χ1n) is 6.69. The van der Waals surface area contributed by atoms with E-state index in [1.807, 2.05) is 31.2 Å². The molecule has 2 rings (SSSR count). The fourth-order valence-electron chi connectivity index (χ4n) is 2.16. The molecule has 0 saturated heterocycles. The average Bonchev–Trinajstić information content (AvgIpc) is 2.42. The van der Waals surface area contributed by atoms with E-state index in [-0.39, 0.29) is 0 Å². The van der Waals surface area contributed by atoms with Crippen molar-refractivity contribution in [3.8, 4) is 11.5 Å². The summed E-state index contributed by atoms with van der Waals surface area (Å²) in [7, 11) is 0. The van der Waals surface area contributed by atoms with Gasteiger partial charge in [-0.1, -0.05) is 31.2 Å². The van der Waals surface area contributed by atoms with Crippen molar-refractivity contribution < 1.29 is 9.84 Å². The van der Waals surface area contributed by atoms with Gasteiger partial charge in [0, 0.05) is 0 Å². The van der Waals surface area contributed by atoms with Crippen LogP contribution in [0.3, 0.4) is 0 Å². The van der Waals surface area contributed by atoms with Gasteiger partial charge in [0.05, 0.1) is 6.61 Å². The molecule has 1 unspecified atom stereocenters. The van der Waals surface area contributed by atoms with Gasteiger partial charge in [0.15, 0.2) is 0 Å². The smallest absolute Gasteiger partial charge is 0.119 e. The summed E-state index contributed by atoms with van der Waals surface area (Å²) in [6, 6.07) is 15.7. The molecule has 0 bridgehead atoms. The van der Waals surface area contributed by atoms with Gasteiger partial charge in [-0.3, -0.25) is 0 Å². The van der Waals surface area contributed by atoms with Gasteiger partial charge in [-0.05, 0) is 54.7 Å². The van der Waals surface area contributed by atoms with Crippen LogP contribution in [0.5, 0.6) is 11.5 Å². The van der Waals surface area contributed by atoms with E-state index in [9.17, 15) is 5.11 Å². The Balaban J connectivity index is 2.02. The zero-order chi connectivity index (χ0) is 13.7. The predicted octanol–water partition coefficient (Wildman–Crippen LogP) is 4.14. The van der Waals surface area contributed by atoms with Crippen molar-refractivity contribution in [2.45, 2.75) is 26.2 Å². The number of ether oxygens (including phenoxy) is 1. The highest BCUT2D eigenvalue weighted by molar-refractivity contribution is 5.31. The van der Waals surface area contributed by atoms with Gasteiger partial charge in [0.25, 0.3) is 0 Å². The van der Waals surface area contributed by atoms with Crippen LogP contribution in [0.15, 0.2) is 48.5 Å². The number of aromatic hydroxyl groups is 1. The summed E-state index contributed by atoms with van der Waals surface area (Å²) in [5.74, 6) is 1.68. The normalized spacial score (nSPS) is 12.1. The van der Waals surface area contributed by atoms with Crippen molar-refractivity contribution in [2.24, 2.45) is 0 Å². The zero-order valence-corrected chi connectivity index (χ0v) is 11.5. The second kappa shape index (κ2) is 6.28. The molecular formula is C17H20O2. The largest absolute Gasteiger partial charge is 0.508 e. The maximum absolute atomic E-state index is 9.27. The zero-order valence-electron chi connectivity index (χ0n) is 11.5. The van der Waals surface area contributed by atoms with Crippen molar-refractivity contribution in [3.63, 3.8) is 0 Å². The number of benzene rings is 2. The Labute approximate surface area is 114 Å². The molecule has 0 saturated carbocycles. The predicted molar refractivity (Wildman–Crippen MR) is 77.8 cm³/mol. The maximum atomic E-state index is 9.27. The lowest BCUT2D eigenvalue weighted by Gasteiger charge is -2.13. The van der Waals surface area contributed by atoms with Crippen LogP contribution in [0.25, 0.3) is 0 Å². The SMILES string of the molecule is CCOc1ccc(C(C)Cc2ccc(O)cc2)cc1. The molecule has 100 valence electrons. The van der Waals surface area contributed by atoms with Crippen LogP contribution < -0.4 is 4.74 Å². The summed E-state index contributed by atoms with van der Waals surface area (Å²) in [4.78, 5) is 0. The van der Waals surface area contributed by atoms with Crippen molar-refractivity contribution in [3.05, 3.63) is 59.7 Å². The van der Waals surface area contributed by atoms with Gasteiger partial charge in [-0.25, -0.2) is 0 Å². The van der Waals surface area contributed by atoms with Crippen LogP contribution in [0.1, 0.15) is 30.9 Å². The fourth-order valence-corrected chi connectivity index (χ4v) is 2.16. The number of phenols is 1. The Morgan fingerprint density at radius 2 is 1.63 bits per heavy atom. The van der Waals surface area contributed by atoms with Crippen LogP contribution in [0.2, 0.25) is 0 Å². The second-order valence-electron chi connectivity index (χ2n) is 4.77. The first kappa shape index (κ1) is 13.5. The molecule has 1 atom stereocenters. The van der Waals surface area contributed by atoms with E-state index in [1.54, 1.807) is 12.1 Å². The molecule has 2 nitrogen and oxygen atoms in total. The van der Waals surface area contributed by atoms with Gasteiger partial charge in [0.2, 0.25) is 0 Å². The molecule has 0 radical (unpaired) electrons. The highest BCUT2D eigenvalue weighted by atomic mass is 16.5. The third kappa shape index (κ3) is 3.75. The molecule has 19 heavy (non-hydrogen) atoms. The summed E-state index contributed by atoms with van der Waals surface area (Å²) >= 11 is 0. The van der Waals surface area contributed by atoms with E-state index in [0.717, 1.165) is 12.2 Å². The summed E-state index contributed by atoms with van der Waals surface area (Å²) < 4.78 is 5.44. The molecule has 0 aliphatic heterocycles. The van der Waals surface area contributed by atoms with E-state index in [1.165, 1.54) is 11.1 Å². The third-order valence-corrected chi connectivity index (χ3v) is 3.24. The highest BCUT2D eigenvalue weighted by Crippen LogP contribution is 2.23. The monoisotopic (exact) mass is 256 g/mol. The highest BCUT2D eigenvalue weighted by Gasteiger charge is 2.07. The van der Waals surface area contributed by atoms with E-state index in [2.05, 4.69) is 19.1 Å². The molecule has 0 spiro atoms. The molecule has 2 aromatic rings. The van der Waals surface area contributed by atoms with Gasteiger partial charge in [0.1, 0.15) is 11.5 Å². The van der Waals surface area contributed by atoms with Gasteiger partial charge in [-0.15, -0.1) is 0 Å². The topological polar surface area (TPSA) is 29.5 Å². The fraction of sp³-hybridized carbons (Fsp3) is 0.294. The summed E-state index contributed by atoms with van der Waals surface area (Å²) in [5.41, 5.74) is 2.54. The number of hydrogen-bond acceptors (Lipinski definition) is 2. The van der Waals surface area contributed by atoms with Crippen molar-refractivity contribution in [1.29, 1.82) is 0 Å². The van der Waals surface area contributed by atoms with Crippen molar-refractivity contribution in [1.82, 2.24) is 0 Å². The van der Waals surface area contributed by atoms with Gasteiger partial charge in [-0.2, -0.15) is 0 Å². The molecule has 0 amide bonds. The minimum absolute atomic E-state index is 0.317. The lowest BCUT2D eigenvalue weighted by molar-refractivity contribution is 0.340. The standard InChI is InChI=1S/C17H20O2/c1-3-19-17-10-6-15(7-11-17)13(2)12-14-4-8-16(18)9-5-14/h4-11,13,18H,3,12H2,1-2H3. The van der Waals surface area contributed by atoms with Crippen LogP contribution in [0.4, 0.5) is 0 Å². The number of hydrogen-bond donors (Lipinski definition) is 1. The molecule has 2 heteroatoms. The van der Waals surface area contributed by atoms with Crippen LogP contribution in [-0.4, -0.2) is 11.7 Å². The van der Waals surface area contributed by atoms with Crippen LogP contribution in [0, 0.1) is 0 Å². The van der Waals surface area contributed by atoms with Gasteiger partial charge >= 0.3 is 0 Å². The van der Waals surface area contributed by atoms with E-state index >= 15 is 0 Å². The van der Waals surface area contributed by atoms with E-state index in [0.29, 0.717) is 18.3 Å². The summed E-state index contributed by atoms with van der Waals surface area (Å²) in [6.07, 6.45) is 0.967. The molecule has 0 fully saturated rings. The third-order valence-electron chi connectivity index (χ3n) is 3.24. The Kier molecular flexibility index (Phi) is 4.45. The average molecular weight is 256 g/mol. The molecule has 1 N–H and O–H groups in total. The van der Waals surface area contributed by atoms with Crippen LogP contribution in [-0.2, 0) is 6.42 Å². The molecule has 0 aliphatic rings. The summed E-state index contributed by atoms with van der Waals surface area (Å²) in [5, 5.41) is 9.27. The minimum Gasteiger partial charge on any atom is -0.508 e. The Morgan fingerprint density at radius 1 is 1.00 bits per heavy atom. The summed E-state index contributed by atoms with van der Waals surface area (Å²) in [6.45, 7) is 4.90. The molecular weight excluding hydrogens is 236 g/mol. The van der Waals surface area contributed by atoms with Crippen molar-refractivity contribution >= 4 is 0 Å². The lowest BCUT2D eigenvalue weighted by Crippen LogP contribution is -1.99. The van der Waals surface area contributed by atoms with E-state index in [4.69, 9.17) is 4.74 Å². The van der Waals surface area contributed by atoms with Crippen molar-refractivity contribution in [2.75, 3.05) is 6.61 Å². The number of rotatable bonds is 5. The molecule has 0 heterocycles. The first-order valence-corrected chi connectivity index (χ1v) is 6.69. The number of phenolic OH excluding ortho intramolecular Hbond substituents is 1. The first-order chi connectivity index (χ1) is 9.19. The Hall–Kier alpha value is -1.96. The maximum Gasteiger partial charge on any atom is 0.119 e. The Bertz CT molecular complexity index is 500. The lowest BCUT2D eigenvalue weighted by atomic mass is 9.94. The molecule has 2 aromatic carbocycles. The second-order valence-corrected chi connectivity index (χ2v) is 4.77. The molecule has 0 aromatic heterocycles. The minimum atomic E-state index is 0.317.